The minimum atomic E-state index is -3.75. The lowest BCUT2D eigenvalue weighted by Gasteiger charge is -2.34. The summed E-state index contributed by atoms with van der Waals surface area (Å²) in [5.74, 6) is -1.43. The SMILES string of the molecule is CC1CC(C)CN(S(=O)(=O)c2ccc(Cl)c(C(=O)NCC(=O)O)c2)C1. The molecule has 2 atom stereocenters. The molecule has 9 heteroatoms. The number of rotatable bonds is 5. The second-order valence-corrected chi connectivity index (χ2v) is 8.83. The lowest BCUT2D eigenvalue weighted by Crippen LogP contribution is -2.42. The highest BCUT2D eigenvalue weighted by Gasteiger charge is 2.32. The number of halogens is 1. The molecule has 2 rings (SSSR count). The standard InChI is InChI=1S/C16H21ClN2O5S/c1-10-5-11(2)9-19(8-10)25(23,24)12-3-4-14(17)13(6-12)16(22)18-7-15(20)21/h3-4,6,10-11H,5,7-9H2,1-2H3,(H,18,22)(H,20,21). The first kappa shape index (κ1) is 19.7. The van der Waals surface area contributed by atoms with Crippen LogP contribution in [0, 0.1) is 11.8 Å². The summed E-state index contributed by atoms with van der Waals surface area (Å²) >= 11 is 5.97. The maximum atomic E-state index is 12.9. The quantitative estimate of drug-likeness (QED) is 0.800. The Bertz CT molecular complexity index is 771. The van der Waals surface area contributed by atoms with Gasteiger partial charge in [-0.2, -0.15) is 4.31 Å². The fraction of sp³-hybridized carbons (Fsp3) is 0.500. The first-order valence-corrected chi connectivity index (χ1v) is 9.72. The lowest BCUT2D eigenvalue weighted by molar-refractivity contribution is -0.135. The zero-order valence-electron chi connectivity index (χ0n) is 14.0. The fourth-order valence-electron chi connectivity index (χ4n) is 3.04. The van der Waals surface area contributed by atoms with Crippen LogP contribution in [0.25, 0.3) is 0 Å². The van der Waals surface area contributed by atoms with Gasteiger partial charge in [0.1, 0.15) is 6.54 Å². The summed E-state index contributed by atoms with van der Waals surface area (Å²) < 4.78 is 27.2. The molecule has 0 aromatic heterocycles. The molecule has 0 radical (unpaired) electrons. The summed E-state index contributed by atoms with van der Waals surface area (Å²) in [6.45, 7) is 4.29. The van der Waals surface area contributed by atoms with Crippen LogP contribution < -0.4 is 5.32 Å². The largest absolute Gasteiger partial charge is 0.480 e. The molecule has 25 heavy (non-hydrogen) atoms. The van der Waals surface area contributed by atoms with Gasteiger partial charge in [-0.3, -0.25) is 9.59 Å². The molecular formula is C16H21ClN2O5S. The van der Waals surface area contributed by atoms with Crippen LogP contribution in [-0.4, -0.2) is 49.3 Å². The number of nitrogens with zero attached hydrogens (tertiary/aromatic N) is 1. The molecule has 1 aliphatic rings. The van der Waals surface area contributed by atoms with E-state index in [4.69, 9.17) is 16.7 Å². The molecule has 138 valence electrons. The van der Waals surface area contributed by atoms with Gasteiger partial charge in [-0.05, 0) is 36.5 Å². The van der Waals surface area contributed by atoms with Crippen molar-refractivity contribution in [2.75, 3.05) is 19.6 Å². The third-order valence-electron chi connectivity index (χ3n) is 4.06. The summed E-state index contributed by atoms with van der Waals surface area (Å²) in [7, 11) is -3.75. The number of aliphatic carboxylic acids is 1. The van der Waals surface area contributed by atoms with Crippen molar-refractivity contribution in [2.24, 2.45) is 11.8 Å². The molecule has 0 aliphatic carbocycles. The summed E-state index contributed by atoms with van der Waals surface area (Å²) in [6, 6.07) is 3.88. The van der Waals surface area contributed by atoms with Crippen molar-refractivity contribution >= 4 is 33.5 Å². The second-order valence-electron chi connectivity index (χ2n) is 6.49. The number of carboxylic acids is 1. The van der Waals surface area contributed by atoms with Gasteiger partial charge in [-0.25, -0.2) is 8.42 Å². The zero-order valence-corrected chi connectivity index (χ0v) is 15.6. The molecule has 1 heterocycles. The van der Waals surface area contributed by atoms with Crippen molar-refractivity contribution in [2.45, 2.75) is 25.2 Å². The average molecular weight is 389 g/mol. The van der Waals surface area contributed by atoms with E-state index < -0.39 is 28.4 Å². The molecule has 2 unspecified atom stereocenters. The molecule has 1 saturated heterocycles. The number of hydrogen-bond acceptors (Lipinski definition) is 4. The van der Waals surface area contributed by atoms with Crippen LogP contribution in [0.5, 0.6) is 0 Å². The number of piperidine rings is 1. The topological polar surface area (TPSA) is 104 Å². The van der Waals surface area contributed by atoms with Crippen molar-refractivity contribution < 1.29 is 23.1 Å². The van der Waals surface area contributed by atoms with E-state index in [0.717, 1.165) is 6.42 Å². The van der Waals surface area contributed by atoms with Gasteiger partial charge in [0.15, 0.2) is 0 Å². The number of benzene rings is 1. The molecule has 1 aromatic rings. The third-order valence-corrected chi connectivity index (χ3v) is 6.21. The minimum absolute atomic E-state index is 0.0290. The first-order valence-electron chi connectivity index (χ1n) is 7.91. The van der Waals surface area contributed by atoms with Crippen molar-refractivity contribution in [3.63, 3.8) is 0 Å². The Morgan fingerprint density at radius 1 is 1.28 bits per heavy atom. The number of carboxylic acid groups (broad SMARTS) is 1. The highest BCUT2D eigenvalue weighted by Crippen LogP contribution is 2.28. The molecule has 2 N–H and O–H groups in total. The van der Waals surface area contributed by atoms with Crippen molar-refractivity contribution in [3.8, 4) is 0 Å². The van der Waals surface area contributed by atoms with E-state index in [2.05, 4.69) is 5.32 Å². The molecule has 1 amide bonds. The first-order chi connectivity index (χ1) is 11.6. The van der Waals surface area contributed by atoms with Gasteiger partial charge in [0, 0.05) is 13.1 Å². The molecule has 1 fully saturated rings. The Morgan fingerprint density at radius 3 is 2.44 bits per heavy atom. The Kier molecular flexibility index (Phi) is 6.08. The zero-order chi connectivity index (χ0) is 18.8. The maximum Gasteiger partial charge on any atom is 0.322 e. The lowest BCUT2D eigenvalue weighted by atomic mass is 9.94. The van der Waals surface area contributed by atoms with Gasteiger partial charge in [-0.1, -0.05) is 25.4 Å². The Morgan fingerprint density at radius 2 is 1.88 bits per heavy atom. The van der Waals surface area contributed by atoms with E-state index in [1.54, 1.807) is 0 Å². The predicted molar refractivity (Wildman–Crippen MR) is 93.1 cm³/mol. The molecule has 0 spiro atoms. The van der Waals surface area contributed by atoms with Crippen LogP contribution in [0.15, 0.2) is 23.1 Å². The molecule has 7 nitrogen and oxygen atoms in total. The minimum Gasteiger partial charge on any atom is -0.480 e. The van der Waals surface area contributed by atoms with E-state index in [-0.39, 0.29) is 27.3 Å². The number of amides is 1. The number of sulfonamides is 1. The Labute approximate surface area is 152 Å². The van der Waals surface area contributed by atoms with Crippen LogP contribution in [0.4, 0.5) is 0 Å². The van der Waals surface area contributed by atoms with E-state index in [1.807, 2.05) is 13.8 Å². The van der Waals surface area contributed by atoms with E-state index in [9.17, 15) is 18.0 Å². The fourth-order valence-corrected chi connectivity index (χ4v) is 4.95. The van der Waals surface area contributed by atoms with E-state index in [1.165, 1.54) is 22.5 Å². The van der Waals surface area contributed by atoms with Crippen LogP contribution >= 0.6 is 11.6 Å². The van der Waals surface area contributed by atoms with Crippen LogP contribution in [0.2, 0.25) is 5.02 Å². The number of carbonyl (C=O) groups excluding carboxylic acids is 1. The summed E-state index contributed by atoms with van der Waals surface area (Å²) in [6.07, 6.45) is 0.968. The Hall–Kier alpha value is -1.64. The average Bonchev–Trinajstić information content (AvgIpc) is 2.51. The highest BCUT2D eigenvalue weighted by molar-refractivity contribution is 7.89. The molecule has 0 saturated carbocycles. The molecule has 1 aliphatic heterocycles. The third kappa shape index (κ3) is 4.71. The van der Waals surface area contributed by atoms with E-state index >= 15 is 0 Å². The summed E-state index contributed by atoms with van der Waals surface area (Å²) in [5, 5.41) is 10.9. The van der Waals surface area contributed by atoms with Gasteiger partial charge >= 0.3 is 5.97 Å². The maximum absolute atomic E-state index is 12.9. The number of carbonyl (C=O) groups is 2. The van der Waals surface area contributed by atoms with Crippen LogP contribution in [0.3, 0.4) is 0 Å². The van der Waals surface area contributed by atoms with Crippen LogP contribution in [-0.2, 0) is 14.8 Å². The van der Waals surface area contributed by atoms with Gasteiger partial charge in [0.2, 0.25) is 10.0 Å². The number of hydrogen-bond donors (Lipinski definition) is 2. The predicted octanol–water partition coefficient (Wildman–Crippen LogP) is 1.82. The van der Waals surface area contributed by atoms with Gasteiger partial charge < -0.3 is 10.4 Å². The number of nitrogens with one attached hydrogen (secondary N) is 1. The summed E-state index contributed by atoms with van der Waals surface area (Å²) in [5.41, 5.74) is -0.0675. The smallest absolute Gasteiger partial charge is 0.322 e. The van der Waals surface area contributed by atoms with Crippen molar-refractivity contribution in [1.82, 2.24) is 9.62 Å². The molecule has 1 aromatic carbocycles. The monoisotopic (exact) mass is 388 g/mol. The van der Waals surface area contributed by atoms with Crippen LogP contribution in [0.1, 0.15) is 30.6 Å². The molecular weight excluding hydrogens is 368 g/mol. The normalized spacial score (nSPS) is 21.7. The van der Waals surface area contributed by atoms with Gasteiger partial charge in [0.25, 0.3) is 5.91 Å². The van der Waals surface area contributed by atoms with E-state index in [0.29, 0.717) is 13.1 Å². The van der Waals surface area contributed by atoms with Gasteiger partial charge in [0.05, 0.1) is 15.5 Å². The highest BCUT2D eigenvalue weighted by atomic mass is 35.5. The van der Waals surface area contributed by atoms with Crippen molar-refractivity contribution in [3.05, 3.63) is 28.8 Å². The van der Waals surface area contributed by atoms with Gasteiger partial charge in [-0.15, -0.1) is 0 Å². The van der Waals surface area contributed by atoms with Crippen molar-refractivity contribution in [1.29, 1.82) is 0 Å². The Balaban J connectivity index is 2.31. The summed E-state index contributed by atoms with van der Waals surface area (Å²) in [4.78, 5) is 22.6. The second kappa shape index (κ2) is 7.72. The molecule has 0 bridgehead atoms.